The summed E-state index contributed by atoms with van der Waals surface area (Å²) < 4.78 is 7.89. The van der Waals surface area contributed by atoms with Crippen LogP contribution in [0.5, 0.6) is 0 Å². The first-order valence-electron chi connectivity index (χ1n) is 7.43. The number of hydrogen-bond donors (Lipinski definition) is 1. The van der Waals surface area contributed by atoms with Gasteiger partial charge in [-0.3, -0.25) is 4.68 Å². The molecule has 1 aliphatic heterocycles. The predicted molar refractivity (Wildman–Crippen MR) is 74.9 cm³/mol. The van der Waals surface area contributed by atoms with Gasteiger partial charge in [0.2, 0.25) is 0 Å². The van der Waals surface area contributed by atoms with Crippen LogP contribution in [-0.4, -0.2) is 28.5 Å². The van der Waals surface area contributed by atoms with Crippen LogP contribution in [0.1, 0.15) is 45.6 Å². The highest BCUT2D eigenvalue weighted by Crippen LogP contribution is 2.38. The number of rotatable bonds is 4. The molecule has 106 valence electrons. The van der Waals surface area contributed by atoms with Gasteiger partial charge in [0.25, 0.3) is 0 Å². The van der Waals surface area contributed by atoms with Crippen LogP contribution in [0, 0.1) is 5.92 Å². The fourth-order valence-corrected chi connectivity index (χ4v) is 2.79. The Morgan fingerprint density at radius 3 is 2.79 bits per heavy atom. The minimum absolute atomic E-state index is 0.0608. The quantitative estimate of drug-likeness (QED) is 0.906. The van der Waals surface area contributed by atoms with Crippen molar-refractivity contribution in [2.24, 2.45) is 5.92 Å². The van der Waals surface area contributed by atoms with Gasteiger partial charge in [-0.2, -0.15) is 5.10 Å². The SMILES string of the molecule is CC(C)(C)n1cc(CNC2CCOC2C2CC2)cn1. The molecular formula is C15H25N3O. The maximum absolute atomic E-state index is 5.85. The summed E-state index contributed by atoms with van der Waals surface area (Å²) in [5.41, 5.74) is 1.32. The molecule has 1 saturated carbocycles. The standard InChI is InChI=1S/C15H25N3O/c1-15(2,3)18-10-11(9-17-18)8-16-13-6-7-19-14(13)12-4-5-12/h9-10,12-14,16H,4-8H2,1-3H3. The Bertz CT molecular complexity index is 431. The molecule has 0 spiro atoms. The molecule has 1 aromatic heterocycles. The van der Waals surface area contributed by atoms with Gasteiger partial charge in [0.1, 0.15) is 0 Å². The van der Waals surface area contributed by atoms with Crippen molar-refractivity contribution in [3.05, 3.63) is 18.0 Å². The molecule has 2 fully saturated rings. The first kappa shape index (κ1) is 13.1. The molecule has 4 heteroatoms. The fraction of sp³-hybridized carbons (Fsp3) is 0.800. The van der Waals surface area contributed by atoms with Gasteiger partial charge in [0, 0.05) is 31.0 Å². The van der Waals surface area contributed by atoms with E-state index in [0.29, 0.717) is 12.1 Å². The van der Waals surface area contributed by atoms with Crippen LogP contribution in [-0.2, 0) is 16.8 Å². The first-order chi connectivity index (χ1) is 9.04. The van der Waals surface area contributed by atoms with Crippen molar-refractivity contribution >= 4 is 0 Å². The Morgan fingerprint density at radius 1 is 1.37 bits per heavy atom. The lowest BCUT2D eigenvalue weighted by Crippen LogP contribution is -2.37. The summed E-state index contributed by atoms with van der Waals surface area (Å²) in [7, 11) is 0. The van der Waals surface area contributed by atoms with Crippen molar-refractivity contribution < 1.29 is 4.74 Å². The second-order valence-corrected chi connectivity index (χ2v) is 6.91. The van der Waals surface area contributed by atoms with Gasteiger partial charge < -0.3 is 10.1 Å². The van der Waals surface area contributed by atoms with Gasteiger partial charge in [-0.05, 0) is 46.0 Å². The van der Waals surface area contributed by atoms with Crippen molar-refractivity contribution in [2.45, 2.75) is 64.3 Å². The normalized spacial score (nSPS) is 27.9. The summed E-state index contributed by atoms with van der Waals surface area (Å²) in [6.07, 6.45) is 8.43. The molecule has 19 heavy (non-hydrogen) atoms. The smallest absolute Gasteiger partial charge is 0.0757 e. The zero-order valence-corrected chi connectivity index (χ0v) is 12.2. The third-order valence-corrected chi connectivity index (χ3v) is 4.11. The molecule has 1 aliphatic carbocycles. The monoisotopic (exact) mass is 263 g/mol. The topological polar surface area (TPSA) is 39.1 Å². The maximum atomic E-state index is 5.85. The van der Waals surface area contributed by atoms with Gasteiger partial charge in [-0.1, -0.05) is 0 Å². The number of ether oxygens (including phenoxy) is 1. The van der Waals surface area contributed by atoms with E-state index in [0.717, 1.165) is 25.5 Å². The molecule has 1 saturated heterocycles. The lowest BCUT2D eigenvalue weighted by atomic mass is 10.1. The second-order valence-electron chi connectivity index (χ2n) is 6.91. The molecule has 0 aromatic carbocycles. The first-order valence-corrected chi connectivity index (χ1v) is 7.43. The molecule has 0 amide bonds. The Morgan fingerprint density at radius 2 is 2.16 bits per heavy atom. The van der Waals surface area contributed by atoms with Crippen molar-refractivity contribution in [2.75, 3.05) is 6.61 Å². The highest BCUT2D eigenvalue weighted by molar-refractivity contribution is 5.06. The van der Waals surface area contributed by atoms with E-state index in [9.17, 15) is 0 Å². The molecule has 2 heterocycles. The Hall–Kier alpha value is -0.870. The lowest BCUT2D eigenvalue weighted by Gasteiger charge is -2.20. The van der Waals surface area contributed by atoms with Crippen LogP contribution in [0.25, 0.3) is 0 Å². The van der Waals surface area contributed by atoms with Crippen molar-refractivity contribution in [1.29, 1.82) is 0 Å². The zero-order chi connectivity index (χ0) is 13.5. The van der Waals surface area contributed by atoms with Crippen LogP contribution in [0.2, 0.25) is 0 Å². The van der Waals surface area contributed by atoms with E-state index in [-0.39, 0.29) is 5.54 Å². The number of nitrogens with one attached hydrogen (secondary N) is 1. The largest absolute Gasteiger partial charge is 0.376 e. The van der Waals surface area contributed by atoms with Gasteiger partial charge in [0.15, 0.2) is 0 Å². The van der Waals surface area contributed by atoms with E-state index in [1.54, 1.807) is 0 Å². The molecular weight excluding hydrogens is 238 g/mol. The Balaban J connectivity index is 1.55. The van der Waals surface area contributed by atoms with Crippen LogP contribution >= 0.6 is 0 Å². The molecule has 1 N–H and O–H groups in total. The highest BCUT2D eigenvalue weighted by atomic mass is 16.5. The number of nitrogens with zero attached hydrogens (tertiary/aromatic N) is 2. The van der Waals surface area contributed by atoms with Crippen molar-refractivity contribution in [3.63, 3.8) is 0 Å². The molecule has 3 rings (SSSR count). The van der Waals surface area contributed by atoms with Crippen LogP contribution in [0.15, 0.2) is 12.4 Å². The predicted octanol–water partition coefficient (Wildman–Crippen LogP) is 2.30. The summed E-state index contributed by atoms with van der Waals surface area (Å²) >= 11 is 0. The van der Waals surface area contributed by atoms with E-state index in [1.165, 1.54) is 18.4 Å². The van der Waals surface area contributed by atoms with E-state index < -0.39 is 0 Å². The van der Waals surface area contributed by atoms with E-state index in [1.807, 2.05) is 10.9 Å². The molecule has 0 radical (unpaired) electrons. The molecule has 1 aromatic rings. The van der Waals surface area contributed by atoms with Gasteiger partial charge in [0.05, 0.1) is 17.8 Å². The fourth-order valence-electron chi connectivity index (χ4n) is 2.79. The molecule has 4 nitrogen and oxygen atoms in total. The van der Waals surface area contributed by atoms with Gasteiger partial charge in [-0.25, -0.2) is 0 Å². The molecule has 2 atom stereocenters. The third kappa shape index (κ3) is 3.00. The van der Waals surface area contributed by atoms with Crippen molar-refractivity contribution in [3.8, 4) is 0 Å². The summed E-state index contributed by atoms with van der Waals surface area (Å²) in [6, 6.07) is 0.533. The summed E-state index contributed by atoms with van der Waals surface area (Å²) in [5.74, 6) is 0.817. The average molecular weight is 263 g/mol. The lowest BCUT2D eigenvalue weighted by molar-refractivity contribution is 0.0809. The van der Waals surface area contributed by atoms with Crippen LogP contribution in [0.3, 0.4) is 0 Å². The van der Waals surface area contributed by atoms with Crippen molar-refractivity contribution in [1.82, 2.24) is 15.1 Å². The number of hydrogen-bond acceptors (Lipinski definition) is 3. The van der Waals surface area contributed by atoms with Crippen LogP contribution < -0.4 is 5.32 Å². The van der Waals surface area contributed by atoms with Gasteiger partial charge in [-0.15, -0.1) is 0 Å². The summed E-state index contributed by atoms with van der Waals surface area (Å²) in [6.45, 7) is 8.33. The number of aromatic nitrogens is 2. The highest BCUT2D eigenvalue weighted by Gasteiger charge is 2.40. The van der Waals surface area contributed by atoms with E-state index in [2.05, 4.69) is 37.4 Å². The summed E-state index contributed by atoms with van der Waals surface area (Å²) in [4.78, 5) is 0. The van der Waals surface area contributed by atoms with Gasteiger partial charge >= 0.3 is 0 Å². The molecule has 0 bridgehead atoms. The average Bonchev–Trinajstić information content (AvgIpc) is 2.91. The van der Waals surface area contributed by atoms with Crippen LogP contribution in [0.4, 0.5) is 0 Å². The Kier molecular flexibility index (Phi) is 3.39. The summed E-state index contributed by atoms with van der Waals surface area (Å²) in [5, 5.41) is 8.10. The Labute approximate surface area is 115 Å². The third-order valence-electron chi connectivity index (χ3n) is 4.11. The van der Waals surface area contributed by atoms with E-state index >= 15 is 0 Å². The minimum atomic E-state index is 0.0608. The minimum Gasteiger partial charge on any atom is -0.376 e. The molecule has 2 aliphatic rings. The maximum Gasteiger partial charge on any atom is 0.0757 e. The zero-order valence-electron chi connectivity index (χ0n) is 12.2. The second kappa shape index (κ2) is 4.91. The molecule has 2 unspecified atom stereocenters. The van der Waals surface area contributed by atoms with E-state index in [4.69, 9.17) is 4.74 Å².